The van der Waals surface area contributed by atoms with Gasteiger partial charge in [-0.15, -0.1) is 0 Å². The summed E-state index contributed by atoms with van der Waals surface area (Å²) in [5.74, 6) is -0.205. The average molecular weight is 396 g/mol. The molecule has 2 aromatic carbocycles. The molecule has 0 saturated heterocycles. The molecular weight excluding hydrogens is 385 g/mol. The standard InChI is InChI=1S/C18H11ClFN7O/c19-10-7-5-9(6-8-10)14-13-15(17(28)23-22-14)21-18-24-25-26-27(18)16(13)11-3-1-2-4-12(11)20/h1-8,16H,(H,23,28)(H,21,24,26)/t16-/m0/s1. The minimum absolute atomic E-state index is 0.218. The van der Waals surface area contributed by atoms with Crippen molar-refractivity contribution < 1.29 is 4.39 Å². The number of fused-ring (bicyclic) bond motifs is 2. The van der Waals surface area contributed by atoms with Gasteiger partial charge in [0.2, 0.25) is 5.95 Å². The highest BCUT2D eigenvalue weighted by atomic mass is 35.5. The second kappa shape index (κ2) is 6.24. The Morgan fingerprint density at radius 3 is 2.68 bits per heavy atom. The van der Waals surface area contributed by atoms with Crippen LogP contribution in [0.15, 0.2) is 53.3 Å². The van der Waals surface area contributed by atoms with Crippen molar-refractivity contribution in [2.75, 3.05) is 5.32 Å². The molecule has 5 rings (SSSR count). The van der Waals surface area contributed by atoms with Crippen LogP contribution in [-0.4, -0.2) is 30.4 Å². The molecule has 0 aliphatic carbocycles. The lowest BCUT2D eigenvalue weighted by atomic mass is 9.92. The summed E-state index contributed by atoms with van der Waals surface area (Å²) < 4.78 is 16.2. The maximum atomic E-state index is 14.7. The normalized spacial score (nSPS) is 14.9. The van der Waals surface area contributed by atoms with Gasteiger partial charge in [-0.25, -0.2) is 9.49 Å². The fourth-order valence-corrected chi connectivity index (χ4v) is 3.48. The maximum Gasteiger partial charge on any atom is 0.288 e. The van der Waals surface area contributed by atoms with Crippen molar-refractivity contribution in [3.8, 4) is 11.3 Å². The van der Waals surface area contributed by atoms with E-state index in [-0.39, 0.29) is 11.6 Å². The van der Waals surface area contributed by atoms with E-state index in [1.165, 1.54) is 10.7 Å². The van der Waals surface area contributed by atoms with E-state index in [9.17, 15) is 9.18 Å². The van der Waals surface area contributed by atoms with Crippen LogP contribution in [-0.2, 0) is 0 Å². The third-order valence-electron chi connectivity index (χ3n) is 4.59. The number of hydrogen-bond acceptors (Lipinski definition) is 6. The summed E-state index contributed by atoms with van der Waals surface area (Å²) in [7, 11) is 0. The molecule has 0 radical (unpaired) electrons. The van der Waals surface area contributed by atoms with Crippen LogP contribution in [0.2, 0.25) is 5.02 Å². The van der Waals surface area contributed by atoms with Gasteiger partial charge in [-0.3, -0.25) is 4.79 Å². The van der Waals surface area contributed by atoms with Gasteiger partial charge >= 0.3 is 0 Å². The first-order valence-corrected chi connectivity index (χ1v) is 8.69. The van der Waals surface area contributed by atoms with Crippen LogP contribution in [0, 0.1) is 5.82 Å². The van der Waals surface area contributed by atoms with E-state index >= 15 is 0 Å². The number of aromatic nitrogens is 6. The van der Waals surface area contributed by atoms with E-state index in [2.05, 4.69) is 31.0 Å². The Hall–Kier alpha value is -3.59. The Morgan fingerprint density at radius 2 is 1.89 bits per heavy atom. The lowest BCUT2D eigenvalue weighted by Crippen LogP contribution is -2.29. The monoisotopic (exact) mass is 395 g/mol. The van der Waals surface area contributed by atoms with Crippen LogP contribution in [0.5, 0.6) is 0 Å². The molecule has 10 heteroatoms. The zero-order valence-corrected chi connectivity index (χ0v) is 14.9. The number of anilines is 2. The van der Waals surface area contributed by atoms with Gasteiger partial charge in [0, 0.05) is 21.7 Å². The fourth-order valence-electron chi connectivity index (χ4n) is 3.35. The van der Waals surface area contributed by atoms with Gasteiger partial charge in [0.05, 0.1) is 5.69 Å². The van der Waals surface area contributed by atoms with E-state index < -0.39 is 17.4 Å². The summed E-state index contributed by atoms with van der Waals surface area (Å²) in [4.78, 5) is 12.5. The molecule has 0 unspecified atom stereocenters. The van der Waals surface area contributed by atoms with Gasteiger partial charge in [0.15, 0.2) is 0 Å². The Bertz CT molecular complexity index is 1250. The highest BCUT2D eigenvalue weighted by Gasteiger charge is 2.35. The first-order valence-electron chi connectivity index (χ1n) is 8.31. The van der Waals surface area contributed by atoms with Crippen LogP contribution in [0.25, 0.3) is 11.3 Å². The maximum absolute atomic E-state index is 14.7. The van der Waals surface area contributed by atoms with Crippen molar-refractivity contribution in [2.45, 2.75) is 6.04 Å². The summed E-state index contributed by atoms with van der Waals surface area (Å²) in [6.07, 6.45) is 0. The van der Waals surface area contributed by atoms with Crippen LogP contribution >= 0.6 is 11.6 Å². The smallest absolute Gasteiger partial charge is 0.288 e. The second-order valence-corrected chi connectivity index (χ2v) is 6.63. The lowest BCUT2D eigenvalue weighted by Gasteiger charge is -2.28. The third-order valence-corrected chi connectivity index (χ3v) is 4.84. The summed E-state index contributed by atoms with van der Waals surface area (Å²) in [6.45, 7) is 0. The van der Waals surface area contributed by atoms with E-state index in [1.54, 1.807) is 42.5 Å². The Balaban J connectivity index is 1.84. The second-order valence-electron chi connectivity index (χ2n) is 6.19. The molecule has 0 fully saturated rings. The third kappa shape index (κ3) is 2.48. The molecule has 3 heterocycles. The molecule has 0 saturated carbocycles. The average Bonchev–Trinajstić information content (AvgIpc) is 3.17. The zero-order chi connectivity index (χ0) is 19.3. The lowest BCUT2D eigenvalue weighted by molar-refractivity contribution is 0.527. The predicted octanol–water partition coefficient (Wildman–Crippen LogP) is 2.91. The summed E-state index contributed by atoms with van der Waals surface area (Å²) >= 11 is 5.99. The Morgan fingerprint density at radius 1 is 1.11 bits per heavy atom. The minimum Gasteiger partial charge on any atom is -0.318 e. The number of H-pyrrole nitrogens is 1. The van der Waals surface area contributed by atoms with Gasteiger partial charge in [0.25, 0.3) is 5.56 Å². The molecule has 138 valence electrons. The van der Waals surface area contributed by atoms with Crippen LogP contribution in [0.4, 0.5) is 16.0 Å². The summed E-state index contributed by atoms with van der Waals surface area (Å²) in [5.41, 5.74) is 1.72. The molecule has 0 spiro atoms. The number of nitrogens with zero attached hydrogens (tertiary/aromatic N) is 5. The van der Waals surface area contributed by atoms with Crippen LogP contribution in [0.3, 0.4) is 0 Å². The predicted molar refractivity (Wildman–Crippen MR) is 100 cm³/mol. The fraction of sp³-hybridized carbons (Fsp3) is 0.0556. The van der Waals surface area contributed by atoms with Crippen molar-refractivity contribution in [3.05, 3.63) is 80.9 Å². The van der Waals surface area contributed by atoms with Gasteiger partial charge in [-0.2, -0.15) is 9.78 Å². The number of aromatic amines is 1. The molecule has 0 bridgehead atoms. The summed E-state index contributed by atoms with van der Waals surface area (Å²) in [5, 5.41) is 21.8. The number of halogens is 2. The molecular formula is C18H11ClFN7O. The van der Waals surface area contributed by atoms with Crippen LogP contribution in [0.1, 0.15) is 17.2 Å². The molecule has 2 aromatic heterocycles. The zero-order valence-electron chi connectivity index (χ0n) is 14.1. The molecule has 1 aliphatic heterocycles. The SMILES string of the molecule is O=c1[nH]nc(-c2ccc(Cl)cc2)c2c1Nc1nnnn1[C@H]2c1ccccc1F. The van der Waals surface area contributed by atoms with E-state index in [0.29, 0.717) is 27.4 Å². The van der Waals surface area contributed by atoms with E-state index in [4.69, 9.17) is 11.6 Å². The molecule has 1 atom stereocenters. The van der Waals surface area contributed by atoms with Gasteiger partial charge < -0.3 is 5.32 Å². The topological polar surface area (TPSA) is 101 Å². The number of tetrazole rings is 1. The molecule has 0 amide bonds. The van der Waals surface area contributed by atoms with Crippen molar-refractivity contribution in [1.29, 1.82) is 0 Å². The summed E-state index contributed by atoms with van der Waals surface area (Å²) in [6, 6.07) is 12.5. The first kappa shape index (κ1) is 16.6. The van der Waals surface area contributed by atoms with E-state index in [1.807, 2.05) is 0 Å². The molecule has 8 nitrogen and oxygen atoms in total. The van der Waals surface area contributed by atoms with Crippen molar-refractivity contribution in [2.24, 2.45) is 0 Å². The van der Waals surface area contributed by atoms with Gasteiger partial charge in [-0.1, -0.05) is 47.0 Å². The van der Waals surface area contributed by atoms with Gasteiger partial charge in [-0.05, 0) is 28.6 Å². The number of hydrogen-bond donors (Lipinski definition) is 2. The highest BCUT2D eigenvalue weighted by molar-refractivity contribution is 6.30. The van der Waals surface area contributed by atoms with E-state index in [0.717, 1.165) is 0 Å². The molecule has 4 aromatic rings. The van der Waals surface area contributed by atoms with Crippen molar-refractivity contribution in [3.63, 3.8) is 0 Å². The molecule has 1 aliphatic rings. The molecule has 2 N–H and O–H groups in total. The number of nitrogens with one attached hydrogen (secondary N) is 2. The first-order chi connectivity index (χ1) is 13.6. The quantitative estimate of drug-likeness (QED) is 0.476. The Labute approximate surface area is 162 Å². The highest BCUT2D eigenvalue weighted by Crippen LogP contribution is 2.41. The molecule has 28 heavy (non-hydrogen) atoms. The number of rotatable bonds is 2. The van der Waals surface area contributed by atoms with Crippen molar-refractivity contribution >= 4 is 23.2 Å². The van der Waals surface area contributed by atoms with Crippen molar-refractivity contribution in [1.82, 2.24) is 30.4 Å². The minimum atomic E-state index is -0.775. The Kier molecular flexibility index (Phi) is 3.69. The number of benzene rings is 2. The van der Waals surface area contributed by atoms with Gasteiger partial charge in [0.1, 0.15) is 17.5 Å². The van der Waals surface area contributed by atoms with Crippen LogP contribution < -0.4 is 10.9 Å². The largest absolute Gasteiger partial charge is 0.318 e.